The van der Waals surface area contributed by atoms with E-state index in [1.54, 1.807) is 36.4 Å². The van der Waals surface area contributed by atoms with Crippen LogP contribution in [0.1, 0.15) is 113 Å². The molecule has 6 aromatic carbocycles. The van der Waals surface area contributed by atoms with Gasteiger partial charge in [-0.1, -0.05) is 142 Å². The van der Waals surface area contributed by atoms with E-state index in [2.05, 4.69) is 106 Å². The zero-order valence-corrected chi connectivity index (χ0v) is 43.5. The fraction of sp³-hybridized carbons (Fsp3) is 0.312. The number of carbonyl (C=O) groups excluding carboxylic acids is 3. The van der Waals surface area contributed by atoms with Crippen molar-refractivity contribution >= 4 is 23.4 Å². The molecule has 7 aromatic rings. The monoisotopic (exact) mass is 995 g/mol. The maximum Gasteiger partial charge on any atom is 0.227 e. The summed E-state index contributed by atoms with van der Waals surface area (Å²) in [5.41, 5.74) is 7.02. The zero-order valence-electron chi connectivity index (χ0n) is 43.5. The van der Waals surface area contributed by atoms with Gasteiger partial charge in [-0.3, -0.25) is 19.4 Å². The SMILES string of the molecule is CC1(c2ccccn2)CCN(c2cccc(-c3ccc(F)cc3F)c2)C(=O)C1.COc1cccc([C@H](C)N2CCC(C)(c3ccccc3)CC2=O)c1.C[C@@H](c1ccccc1)N1CCC(C)(c2ccccc2)CC1=O. The Morgan fingerprint density at radius 2 is 1.05 bits per heavy atom. The van der Waals surface area contributed by atoms with Gasteiger partial charge in [-0.25, -0.2) is 8.78 Å². The molecule has 10 rings (SSSR count). The molecule has 8 nitrogen and oxygen atoms in total. The summed E-state index contributed by atoms with van der Waals surface area (Å²) in [4.78, 5) is 48.7. The standard InChI is InChI=1S/C23H20F2N2O.C21H25NO2.C20H23NO/c1-23(21-7-2-3-11-26-21)10-12-27(22(28)15-23)18-6-4-5-16(13-18)19-9-8-17(24)14-20(19)25;1-16(17-8-7-11-19(14-17)24-3)22-13-12-21(2,15-20(22)23)18-9-5-4-6-10-18;1-16(17-9-5-3-6-10-17)21-14-13-20(2,15-19(21)22)18-11-7-4-8-12-18/h2-9,11,13-14H,10,12,15H2,1H3;4-11,14,16H,12-13,15H2,1-3H3;3-12,16H,13-15H2,1-2H3/t;16-,21?;16-,20?/m.00/s1. The molecule has 3 amide bonds. The molecule has 3 unspecified atom stereocenters. The maximum absolute atomic E-state index is 14.1. The van der Waals surface area contributed by atoms with E-state index >= 15 is 0 Å². The number of hydrogen-bond donors (Lipinski definition) is 0. The summed E-state index contributed by atoms with van der Waals surface area (Å²) in [6.07, 6.45) is 6.04. The molecular weight excluding hydrogens is 927 g/mol. The van der Waals surface area contributed by atoms with Gasteiger partial charge in [0.1, 0.15) is 17.4 Å². The van der Waals surface area contributed by atoms with Gasteiger partial charge in [0.2, 0.25) is 17.7 Å². The number of ether oxygens (including phenoxy) is 1. The molecule has 0 saturated carbocycles. The Labute approximate surface area is 436 Å². The van der Waals surface area contributed by atoms with Crippen LogP contribution in [0.15, 0.2) is 182 Å². The lowest BCUT2D eigenvalue weighted by atomic mass is 9.74. The third-order valence-electron chi connectivity index (χ3n) is 15.7. The average molecular weight is 995 g/mol. The molecule has 382 valence electrons. The van der Waals surface area contributed by atoms with Crippen molar-refractivity contribution in [3.63, 3.8) is 0 Å². The van der Waals surface area contributed by atoms with Gasteiger partial charge in [0.15, 0.2) is 0 Å². The molecule has 0 N–H and O–H groups in total. The van der Waals surface area contributed by atoms with Crippen molar-refractivity contribution in [3.05, 3.63) is 222 Å². The van der Waals surface area contributed by atoms with Crippen molar-refractivity contribution < 1.29 is 27.9 Å². The number of likely N-dealkylation sites (tertiary alicyclic amines) is 2. The van der Waals surface area contributed by atoms with Crippen molar-refractivity contribution in [2.24, 2.45) is 0 Å². The van der Waals surface area contributed by atoms with E-state index in [0.717, 1.165) is 55.4 Å². The van der Waals surface area contributed by atoms with Crippen LogP contribution in [0.25, 0.3) is 11.1 Å². The lowest BCUT2D eigenvalue weighted by molar-refractivity contribution is -0.138. The van der Waals surface area contributed by atoms with E-state index in [0.29, 0.717) is 42.6 Å². The van der Waals surface area contributed by atoms with Gasteiger partial charge in [-0.2, -0.15) is 0 Å². The molecule has 3 aliphatic heterocycles. The highest BCUT2D eigenvalue weighted by Gasteiger charge is 2.40. The third-order valence-corrected chi connectivity index (χ3v) is 15.7. The molecule has 3 fully saturated rings. The Balaban J connectivity index is 0.000000149. The maximum atomic E-state index is 14.1. The largest absolute Gasteiger partial charge is 0.497 e. The predicted octanol–water partition coefficient (Wildman–Crippen LogP) is 13.8. The van der Waals surface area contributed by atoms with Crippen molar-refractivity contribution in [1.29, 1.82) is 0 Å². The Bertz CT molecular complexity index is 3020. The summed E-state index contributed by atoms with van der Waals surface area (Å²) in [6, 6.07) is 55.7. The van der Waals surface area contributed by atoms with E-state index in [-0.39, 0.29) is 46.1 Å². The van der Waals surface area contributed by atoms with Crippen LogP contribution < -0.4 is 9.64 Å². The van der Waals surface area contributed by atoms with Gasteiger partial charge in [-0.15, -0.1) is 0 Å². The summed E-state index contributed by atoms with van der Waals surface area (Å²) in [6.45, 7) is 12.9. The number of methoxy groups -OCH3 is 1. The lowest BCUT2D eigenvalue weighted by Crippen LogP contribution is -2.45. The minimum absolute atomic E-state index is 0.0103. The molecule has 74 heavy (non-hydrogen) atoms. The van der Waals surface area contributed by atoms with Gasteiger partial charge in [0, 0.05) is 84.3 Å². The first-order valence-electron chi connectivity index (χ1n) is 25.8. The number of anilines is 1. The second kappa shape index (κ2) is 23.2. The second-order valence-corrected chi connectivity index (χ2v) is 20.8. The van der Waals surface area contributed by atoms with Crippen molar-refractivity contribution in [1.82, 2.24) is 14.8 Å². The summed E-state index contributed by atoms with van der Waals surface area (Å²) in [7, 11) is 1.67. The van der Waals surface area contributed by atoms with Crippen LogP contribution >= 0.6 is 0 Å². The molecule has 0 spiro atoms. The predicted molar refractivity (Wildman–Crippen MR) is 291 cm³/mol. The normalized spacial score (nSPS) is 21.6. The van der Waals surface area contributed by atoms with Crippen LogP contribution in [0.3, 0.4) is 0 Å². The number of aromatic nitrogens is 1. The number of hydrogen-bond acceptors (Lipinski definition) is 5. The van der Waals surface area contributed by atoms with Crippen LogP contribution in [-0.4, -0.2) is 59.2 Å². The minimum atomic E-state index is -0.621. The Kier molecular flexibility index (Phi) is 16.6. The number of rotatable bonds is 10. The van der Waals surface area contributed by atoms with Gasteiger partial charge < -0.3 is 19.4 Å². The number of benzene rings is 6. The average Bonchev–Trinajstić information content (AvgIpc) is 3.42. The first-order chi connectivity index (χ1) is 35.6. The summed E-state index contributed by atoms with van der Waals surface area (Å²) < 4.78 is 32.7. The molecule has 5 atom stereocenters. The summed E-state index contributed by atoms with van der Waals surface area (Å²) in [5, 5.41) is 0. The topological polar surface area (TPSA) is 83.1 Å². The number of pyridine rings is 1. The molecule has 4 heterocycles. The first-order valence-corrected chi connectivity index (χ1v) is 25.8. The van der Waals surface area contributed by atoms with E-state index in [9.17, 15) is 23.2 Å². The Hall–Kier alpha value is -7.46. The van der Waals surface area contributed by atoms with E-state index in [1.807, 2.05) is 82.6 Å². The van der Waals surface area contributed by atoms with Gasteiger partial charge in [0.25, 0.3) is 0 Å². The van der Waals surface area contributed by atoms with Crippen LogP contribution in [0.4, 0.5) is 14.5 Å². The molecular formula is C64H68F2N4O4. The summed E-state index contributed by atoms with van der Waals surface area (Å²) in [5.74, 6) is 0.0909. The van der Waals surface area contributed by atoms with Crippen LogP contribution in [0.5, 0.6) is 5.75 Å². The second-order valence-electron chi connectivity index (χ2n) is 20.8. The molecule has 10 heteroatoms. The minimum Gasteiger partial charge on any atom is -0.497 e. The number of nitrogens with zero attached hydrogens (tertiary/aromatic N) is 4. The van der Waals surface area contributed by atoms with E-state index in [4.69, 9.17) is 4.74 Å². The quantitative estimate of drug-likeness (QED) is 0.136. The van der Waals surface area contributed by atoms with E-state index in [1.165, 1.54) is 28.8 Å². The first kappa shape index (κ1) is 52.9. The fourth-order valence-corrected chi connectivity index (χ4v) is 10.8. The highest BCUT2D eigenvalue weighted by Crippen LogP contribution is 2.41. The van der Waals surface area contributed by atoms with Gasteiger partial charge >= 0.3 is 0 Å². The van der Waals surface area contributed by atoms with E-state index < -0.39 is 11.6 Å². The van der Waals surface area contributed by atoms with Crippen LogP contribution in [0, 0.1) is 11.6 Å². The van der Waals surface area contributed by atoms with Crippen molar-refractivity contribution in [2.75, 3.05) is 31.6 Å². The van der Waals surface area contributed by atoms with Crippen LogP contribution in [0.2, 0.25) is 0 Å². The van der Waals surface area contributed by atoms with Gasteiger partial charge in [0.05, 0.1) is 19.2 Å². The number of amides is 3. The van der Waals surface area contributed by atoms with Crippen LogP contribution in [-0.2, 0) is 30.6 Å². The number of halogens is 2. The summed E-state index contributed by atoms with van der Waals surface area (Å²) >= 11 is 0. The highest BCUT2D eigenvalue weighted by atomic mass is 19.1. The molecule has 0 radical (unpaired) electrons. The third kappa shape index (κ3) is 12.1. The highest BCUT2D eigenvalue weighted by molar-refractivity contribution is 5.96. The lowest BCUT2D eigenvalue weighted by Gasteiger charge is -2.42. The van der Waals surface area contributed by atoms with Crippen molar-refractivity contribution in [3.8, 4) is 16.9 Å². The molecule has 3 saturated heterocycles. The molecule has 3 aliphatic rings. The Morgan fingerprint density at radius 3 is 1.59 bits per heavy atom. The molecule has 0 aliphatic carbocycles. The smallest absolute Gasteiger partial charge is 0.227 e. The number of piperidine rings is 3. The van der Waals surface area contributed by atoms with Gasteiger partial charge in [-0.05, 0) is 109 Å². The molecule has 1 aromatic heterocycles. The zero-order chi connectivity index (χ0) is 52.5. The Morgan fingerprint density at radius 1 is 0.527 bits per heavy atom. The fourth-order valence-electron chi connectivity index (χ4n) is 10.8. The number of carbonyl (C=O) groups is 3. The molecule has 0 bridgehead atoms. The van der Waals surface area contributed by atoms with Crippen molar-refractivity contribution in [2.45, 2.75) is 101 Å².